The number of aromatic nitrogens is 3. The summed E-state index contributed by atoms with van der Waals surface area (Å²) >= 11 is 12.6. The molecule has 0 bridgehead atoms. The van der Waals surface area contributed by atoms with Crippen LogP contribution in [-0.2, 0) is 19.6 Å². The molecule has 5 rings (SSSR count). The third-order valence-corrected chi connectivity index (χ3v) is 6.74. The lowest BCUT2D eigenvalue weighted by Crippen LogP contribution is -2.40. The number of imidazole rings is 1. The molecule has 0 aliphatic carbocycles. The van der Waals surface area contributed by atoms with Gasteiger partial charge in [-0.1, -0.05) is 53.5 Å². The third kappa shape index (κ3) is 3.62. The first-order valence-corrected chi connectivity index (χ1v) is 11.5. The summed E-state index contributed by atoms with van der Waals surface area (Å²) in [5, 5.41) is 2.12. The molecule has 0 radical (unpaired) electrons. The molecule has 0 fully saturated rings. The Balaban J connectivity index is 1.94. The molecule has 2 heterocycles. The summed E-state index contributed by atoms with van der Waals surface area (Å²) in [6.07, 6.45) is 3.65. The van der Waals surface area contributed by atoms with Gasteiger partial charge in [-0.2, -0.15) is 0 Å². The van der Waals surface area contributed by atoms with E-state index in [1.807, 2.05) is 84.5 Å². The Morgan fingerprint density at radius 3 is 2.35 bits per heavy atom. The molecule has 170 valence electrons. The second-order valence-corrected chi connectivity index (χ2v) is 9.27. The number of halogens is 2. The normalized spacial score (nSPS) is 13.2. The maximum Gasteiger partial charge on any atom is 0.250 e. The van der Waals surface area contributed by atoms with Gasteiger partial charge in [0.15, 0.2) is 0 Å². The van der Waals surface area contributed by atoms with E-state index >= 15 is 0 Å². The van der Waals surface area contributed by atoms with Crippen molar-refractivity contribution in [3.63, 3.8) is 0 Å². The van der Waals surface area contributed by atoms with E-state index in [2.05, 4.69) is 4.98 Å². The van der Waals surface area contributed by atoms with Gasteiger partial charge in [-0.15, -0.1) is 0 Å². The smallest absolute Gasteiger partial charge is 0.250 e. The van der Waals surface area contributed by atoms with Gasteiger partial charge in [0.2, 0.25) is 0 Å². The van der Waals surface area contributed by atoms with Crippen molar-refractivity contribution in [2.24, 2.45) is 19.8 Å². The van der Waals surface area contributed by atoms with Crippen molar-refractivity contribution in [2.75, 3.05) is 0 Å². The molecule has 0 saturated carbocycles. The summed E-state index contributed by atoms with van der Waals surface area (Å²) in [5.41, 5.74) is 11.1. The molecule has 0 amide bonds. The van der Waals surface area contributed by atoms with Gasteiger partial charge in [-0.25, -0.2) is 4.98 Å². The van der Waals surface area contributed by atoms with E-state index in [1.165, 1.54) is 0 Å². The fourth-order valence-corrected chi connectivity index (χ4v) is 4.83. The van der Waals surface area contributed by atoms with Crippen molar-refractivity contribution in [3.05, 3.63) is 123 Å². The average molecular weight is 489 g/mol. The van der Waals surface area contributed by atoms with Crippen LogP contribution >= 0.6 is 23.2 Å². The van der Waals surface area contributed by atoms with E-state index in [0.29, 0.717) is 15.7 Å². The minimum atomic E-state index is -1.10. The zero-order valence-electron chi connectivity index (χ0n) is 18.7. The molecule has 1 atom stereocenters. The van der Waals surface area contributed by atoms with Gasteiger partial charge in [0, 0.05) is 41.8 Å². The third-order valence-electron chi connectivity index (χ3n) is 6.25. The quantitative estimate of drug-likeness (QED) is 0.363. The van der Waals surface area contributed by atoms with Crippen LogP contribution in [0.5, 0.6) is 0 Å². The van der Waals surface area contributed by atoms with Crippen LogP contribution in [0.15, 0.2) is 90.1 Å². The van der Waals surface area contributed by atoms with Crippen molar-refractivity contribution < 1.29 is 0 Å². The molecule has 5 nitrogen and oxygen atoms in total. The first-order valence-electron chi connectivity index (χ1n) is 10.7. The van der Waals surface area contributed by atoms with Crippen LogP contribution < -0.4 is 11.3 Å². The maximum absolute atomic E-state index is 12.4. The van der Waals surface area contributed by atoms with Crippen LogP contribution in [0.4, 0.5) is 0 Å². The van der Waals surface area contributed by atoms with E-state index in [0.717, 1.165) is 33.2 Å². The lowest BCUT2D eigenvalue weighted by atomic mass is 9.76. The van der Waals surface area contributed by atoms with Crippen molar-refractivity contribution in [1.29, 1.82) is 0 Å². The highest BCUT2D eigenvalue weighted by Crippen LogP contribution is 2.42. The van der Waals surface area contributed by atoms with Gasteiger partial charge < -0.3 is 14.9 Å². The Labute approximate surface area is 207 Å². The first-order chi connectivity index (χ1) is 16.3. The maximum atomic E-state index is 12.4. The Morgan fingerprint density at radius 1 is 0.912 bits per heavy atom. The topological polar surface area (TPSA) is 65.8 Å². The first kappa shape index (κ1) is 22.4. The zero-order chi connectivity index (χ0) is 24.0. The van der Waals surface area contributed by atoms with Crippen LogP contribution in [-0.4, -0.2) is 14.1 Å². The Bertz CT molecular complexity index is 1590. The zero-order valence-corrected chi connectivity index (χ0v) is 20.2. The van der Waals surface area contributed by atoms with Crippen LogP contribution in [0.25, 0.3) is 22.0 Å². The molecule has 5 aromatic rings. The fourth-order valence-electron chi connectivity index (χ4n) is 4.51. The molecule has 0 saturated heterocycles. The number of nitrogens with zero attached hydrogens (tertiary/aromatic N) is 3. The summed E-state index contributed by atoms with van der Waals surface area (Å²) in [6.45, 7) is 0. The average Bonchev–Trinajstić information content (AvgIpc) is 3.27. The number of rotatable bonds is 4. The Morgan fingerprint density at radius 2 is 1.68 bits per heavy atom. The molecule has 34 heavy (non-hydrogen) atoms. The molecule has 0 aliphatic heterocycles. The molecule has 3 aromatic carbocycles. The predicted molar refractivity (Wildman–Crippen MR) is 138 cm³/mol. The molecule has 7 heteroatoms. The number of benzene rings is 3. The highest BCUT2D eigenvalue weighted by Gasteiger charge is 2.37. The summed E-state index contributed by atoms with van der Waals surface area (Å²) in [6, 6.07) is 22.5. The predicted octanol–water partition coefficient (Wildman–Crippen LogP) is 5.50. The van der Waals surface area contributed by atoms with Crippen molar-refractivity contribution in [1.82, 2.24) is 14.1 Å². The largest absolute Gasteiger partial charge is 0.340 e. The summed E-state index contributed by atoms with van der Waals surface area (Å²) < 4.78 is 3.51. The number of pyridine rings is 1. The highest BCUT2D eigenvalue weighted by molar-refractivity contribution is 6.31. The number of hydrogen-bond acceptors (Lipinski definition) is 3. The van der Waals surface area contributed by atoms with Crippen molar-refractivity contribution in [3.8, 4) is 11.1 Å². The van der Waals surface area contributed by atoms with E-state index in [-0.39, 0.29) is 5.56 Å². The van der Waals surface area contributed by atoms with Crippen LogP contribution in [0, 0.1) is 0 Å². The number of fused-ring (bicyclic) bond motifs is 1. The molecule has 0 spiro atoms. The lowest BCUT2D eigenvalue weighted by molar-refractivity contribution is 0.634. The van der Waals surface area contributed by atoms with Crippen molar-refractivity contribution in [2.45, 2.75) is 5.54 Å². The van der Waals surface area contributed by atoms with E-state index in [1.54, 1.807) is 24.0 Å². The van der Waals surface area contributed by atoms with Crippen molar-refractivity contribution >= 4 is 34.1 Å². The SMILES string of the molecule is Cn1cnc(C(N)(c2ccc(Cl)cc2)c2ccc3c(ccc(=O)n3C)c2-c2cccc(Cl)c2)c1. The summed E-state index contributed by atoms with van der Waals surface area (Å²) in [7, 11) is 3.67. The highest BCUT2D eigenvalue weighted by atomic mass is 35.5. The molecule has 1 unspecified atom stereocenters. The second-order valence-electron chi connectivity index (χ2n) is 8.40. The minimum Gasteiger partial charge on any atom is -0.340 e. The number of nitrogens with two attached hydrogens (primary N) is 1. The van der Waals surface area contributed by atoms with E-state index in [4.69, 9.17) is 28.9 Å². The molecular formula is C27H22Cl2N4O. The molecule has 2 N–H and O–H groups in total. The van der Waals surface area contributed by atoms with E-state index in [9.17, 15) is 4.79 Å². The standard InChI is InChI=1S/C27H22Cl2N4O/c1-32-15-24(31-16-32)27(30,18-6-8-19(28)9-7-18)22-11-12-23-21(10-13-25(34)33(23)2)26(22)17-4-3-5-20(29)14-17/h3-16H,30H2,1-2H3. The Kier molecular flexibility index (Phi) is 5.56. The second kappa shape index (κ2) is 8.44. The minimum absolute atomic E-state index is 0.0845. The van der Waals surface area contributed by atoms with E-state index < -0.39 is 5.54 Å². The fraction of sp³-hybridized carbons (Fsp3) is 0.111. The molecular weight excluding hydrogens is 467 g/mol. The van der Waals surface area contributed by atoms with Gasteiger partial charge in [-0.3, -0.25) is 4.79 Å². The van der Waals surface area contributed by atoms with Gasteiger partial charge in [0.05, 0.1) is 17.5 Å². The monoisotopic (exact) mass is 488 g/mol. The molecule has 0 aliphatic rings. The van der Waals surface area contributed by atoms with Crippen LogP contribution in [0.1, 0.15) is 16.8 Å². The van der Waals surface area contributed by atoms with Gasteiger partial charge in [0.1, 0.15) is 5.54 Å². The van der Waals surface area contributed by atoms with Gasteiger partial charge >= 0.3 is 0 Å². The summed E-state index contributed by atoms with van der Waals surface area (Å²) in [5.74, 6) is 0. The Hall–Kier alpha value is -3.38. The number of hydrogen-bond donors (Lipinski definition) is 1. The lowest BCUT2D eigenvalue weighted by Gasteiger charge is -2.32. The summed E-state index contributed by atoms with van der Waals surface area (Å²) in [4.78, 5) is 17.0. The molecule has 2 aromatic heterocycles. The van der Waals surface area contributed by atoms with Gasteiger partial charge in [-0.05, 0) is 58.7 Å². The van der Waals surface area contributed by atoms with Gasteiger partial charge in [0.25, 0.3) is 5.56 Å². The van der Waals surface area contributed by atoms with Crippen LogP contribution in [0.3, 0.4) is 0 Å². The van der Waals surface area contributed by atoms with Crippen LogP contribution in [0.2, 0.25) is 10.0 Å². The number of aryl methyl sites for hydroxylation is 2.